The Kier molecular flexibility index (Phi) is 7.94. The van der Waals surface area contributed by atoms with Crippen LogP contribution in [0.2, 0.25) is 0 Å². The van der Waals surface area contributed by atoms with Gasteiger partial charge >= 0.3 is 0 Å². The van der Waals surface area contributed by atoms with E-state index in [0.717, 1.165) is 31.6 Å². The number of benzene rings is 3. The van der Waals surface area contributed by atoms with Gasteiger partial charge in [-0.15, -0.1) is 0 Å². The van der Waals surface area contributed by atoms with E-state index in [1.165, 1.54) is 11.1 Å². The predicted molar refractivity (Wildman–Crippen MR) is 135 cm³/mol. The van der Waals surface area contributed by atoms with E-state index >= 15 is 0 Å². The smallest absolute Gasteiger partial charge is 0.255 e. The maximum atomic E-state index is 13.2. The van der Waals surface area contributed by atoms with Gasteiger partial charge in [0.15, 0.2) is 0 Å². The van der Waals surface area contributed by atoms with Crippen molar-refractivity contribution in [1.82, 2.24) is 5.32 Å². The summed E-state index contributed by atoms with van der Waals surface area (Å²) < 4.78 is 5.37. The molecule has 0 unspecified atom stereocenters. The molecule has 0 saturated heterocycles. The normalized spacial score (nSPS) is 12.7. The number of hydrogen-bond acceptors (Lipinski definition) is 4. The molecule has 2 amide bonds. The van der Waals surface area contributed by atoms with Crippen LogP contribution in [-0.2, 0) is 17.7 Å². The van der Waals surface area contributed by atoms with Crippen LogP contribution in [0.3, 0.4) is 0 Å². The first-order valence-corrected chi connectivity index (χ1v) is 11.8. The molecule has 1 aliphatic rings. The fourth-order valence-electron chi connectivity index (χ4n) is 4.18. The molecule has 1 heterocycles. The molecule has 0 spiro atoms. The first-order valence-electron chi connectivity index (χ1n) is 11.8. The van der Waals surface area contributed by atoms with E-state index in [4.69, 9.17) is 4.74 Å². The second-order valence-corrected chi connectivity index (χ2v) is 8.30. The Bertz CT molecular complexity index is 1130. The molecule has 0 bridgehead atoms. The van der Waals surface area contributed by atoms with Gasteiger partial charge in [0.1, 0.15) is 0 Å². The van der Waals surface area contributed by atoms with E-state index in [9.17, 15) is 9.59 Å². The van der Waals surface area contributed by atoms with E-state index in [2.05, 4.69) is 39.8 Å². The molecule has 0 atom stereocenters. The van der Waals surface area contributed by atoms with Crippen molar-refractivity contribution in [3.8, 4) is 0 Å². The van der Waals surface area contributed by atoms with Gasteiger partial charge in [-0.05, 0) is 61.2 Å². The van der Waals surface area contributed by atoms with E-state index < -0.39 is 0 Å². The van der Waals surface area contributed by atoms with E-state index in [1.54, 1.807) is 18.2 Å². The summed E-state index contributed by atoms with van der Waals surface area (Å²) in [6.07, 6.45) is 1.68. The van der Waals surface area contributed by atoms with Crippen molar-refractivity contribution in [1.29, 1.82) is 0 Å². The molecule has 2 N–H and O–H groups in total. The molecule has 4 rings (SSSR count). The molecule has 0 aliphatic carbocycles. The molecule has 0 aromatic heterocycles. The lowest BCUT2D eigenvalue weighted by atomic mass is 9.98. The zero-order chi connectivity index (χ0) is 23.8. The summed E-state index contributed by atoms with van der Waals surface area (Å²) >= 11 is 0. The maximum absolute atomic E-state index is 13.2. The van der Waals surface area contributed by atoms with Crippen molar-refractivity contribution >= 4 is 23.2 Å². The Morgan fingerprint density at radius 1 is 0.941 bits per heavy atom. The van der Waals surface area contributed by atoms with Crippen LogP contribution in [0.5, 0.6) is 0 Å². The maximum Gasteiger partial charge on any atom is 0.255 e. The minimum absolute atomic E-state index is 0.152. The third-order valence-corrected chi connectivity index (χ3v) is 5.96. The standard InChI is InChI=1S/C28H31N3O3/c1-2-34-18-8-16-29-28(33)25-19-24(30-27(32)22-10-4-3-5-11-22)13-14-26(25)31-17-15-21-9-6-7-12-23(21)20-31/h3-7,9-14,19H,2,8,15-18,20H2,1H3,(H,29,33)(H,30,32). The average Bonchev–Trinajstić information content (AvgIpc) is 2.88. The molecule has 6 nitrogen and oxygen atoms in total. The molecule has 1 aliphatic heterocycles. The Morgan fingerprint density at radius 2 is 1.71 bits per heavy atom. The second kappa shape index (κ2) is 11.5. The van der Waals surface area contributed by atoms with E-state index in [-0.39, 0.29) is 11.8 Å². The summed E-state index contributed by atoms with van der Waals surface area (Å²) in [7, 11) is 0. The van der Waals surface area contributed by atoms with Crippen LogP contribution in [-0.4, -0.2) is 38.1 Å². The number of nitrogens with one attached hydrogen (secondary N) is 2. The Morgan fingerprint density at radius 3 is 2.50 bits per heavy atom. The van der Waals surface area contributed by atoms with Gasteiger partial charge in [0.25, 0.3) is 11.8 Å². The van der Waals surface area contributed by atoms with Gasteiger partial charge in [-0.25, -0.2) is 0 Å². The van der Waals surface area contributed by atoms with Crippen molar-refractivity contribution in [3.05, 3.63) is 95.1 Å². The number of hydrogen-bond donors (Lipinski definition) is 2. The number of fused-ring (bicyclic) bond motifs is 1. The zero-order valence-electron chi connectivity index (χ0n) is 19.5. The summed E-state index contributed by atoms with van der Waals surface area (Å²) in [6.45, 7) is 5.34. The molecule has 0 saturated carbocycles. The van der Waals surface area contributed by atoms with Gasteiger partial charge in [-0.3, -0.25) is 9.59 Å². The molecular weight excluding hydrogens is 426 g/mol. The minimum atomic E-state index is -0.205. The summed E-state index contributed by atoms with van der Waals surface area (Å²) in [6, 6.07) is 23.1. The van der Waals surface area contributed by atoms with Crippen LogP contribution in [0, 0.1) is 0 Å². The van der Waals surface area contributed by atoms with Crippen LogP contribution < -0.4 is 15.5 Å². The van der Waals surface area contributed by atoms with Gasteiger partial charge < -0.3 is 20.3 Å². The summed E-state index contributed by atoms with van der Waals surface area (Å²) in [5, 5.41) is 5.94. The Labute approximate surface area is 200 Å². The topological polar surface area (TPSA) is 70.7 Å². The van der Waals surface area contributed by atoms with Gasteiger partial charge in [0.2, 0.25) is 0 Å². The molecule has 34 heavy (non-hydrogen) atoms. The van der Waals surface area contributed by atoms with Crippen molar-refractivity contribution in [3.63, 3.8) is 0 Å². The Balaban J connectivity index is 1.56. The Hall–Kier alpha value is -3.64. The monoisotopic (exact) mass is 457 g/mol. The van der Waals surface area contributed by atoms with E-state index in [0.29, 0.717) is 36.6 Å². The highest BCUT2D eigenvalue weighted by atomic mass is 16.5. The highest BCUT2D eigenvalue weighted by Crippen LogP contribution is 2.29. The second-order valence-electron chi connectivity index (χ2n) is 8.30. The molecular formula is C28H31N3O3. The van der Waals surface area contributed by atoms with Gasteiger partial charge in [-0.2, -0.15) is 0 Å². The van der Waals surface area contributed by atoms with Crippen molar-refractivity contribution in [2.24, 2.45) is 0 Å². The molecule has 0 radical (unpaired) electrons. The van der Waals surface area contributed by atoms with Crippen LogP contribution in [0.25, 0.3) is 0 Å². The minimum Gasteiger partial charge on any atom is -0.382 e. The van der Waals surface area contributed by atoms with Crippen LogP contribution >= 0.6 is 0 Å². The quantitative estimate of drug-likeness (QED) is 0.459. The van der Waals surface area contributed by atoms with E-state index in [1.807, 2.05) is 37.3 Å². The van der Waals surface area contributed by atoms with Crippen LogP contribution in [0.4, 0.5) is 11.4 Å². The summed E-state index contributed by atoms with van der Waals surface area (Å²) in [5.41, 5.74) is 5.22. The number of rotatable bonds is 9. The third-order valence-electron chi connectivity index (χ3n) is 5.96. The molecule has 3 aromatic carbocycles. The van der Waals surface area contributed by atoms with Gasteiger partial charge in [0, 0.05) is 49.8 Å². The summed E-state index contributed by atoms with van der Waals surface area (Å²) in [5.74, 6) is -0.357. The fourth-order valence-corrected chi connectivity index (χ4v) is 4.18. The highest BCUT2D eigenvalue weighted by Gasteiger charge is 2.22. The molecule has 6 heteroatoms. The SMILES string of the molecule is CCOCCCNC(=O)c1cc(NC(=O)c2ccccc2)ccc1N1CCc2ccccc2C1. The number of amides is 2. The predicted octanol–water partition coefficient (Wildman–Crippen LogP) is 4.66. The third kappa shape index (κ3) is 5.83. The average molecular weight is 458 g/mol. The summed E-state index contributed by atoms with van der Waals surface area (Å²) in [4.78, 5) is 28.1. The number of anilines is 2. The number of carbonyl (C=O) groups is 2. The van der Waals surface area contributed by atoms with Crippen LogP contribution in [0.15, 0.2) is 72.8 Å². The lowest BCUT2D eigenvalue weighted by molar-refractivity contribution is 0.0943. The van der Waals surface area contributed by atoms with Crippen molar-refractivity contribution in [2.75, 3.05) is 36.5 Å². The molecule has 0 fully saturated rings. The van der Waals surface area contributed by atoms with Crippen molar-refractivity contribution < 1.29 is 14.3 Å². The van der Waals surface area contributed by atoms with Gasteiger partial charge in [-0.1, -0.05) is 42.5 Å². The lowest BCUT2D eigenvalue weighted by Gasteiger charge is -2.32. The van der Waals surface area contributed by atoms with Crippen LogP contribution in [0.1, 0.15) is 45.2 Å². The number of nitrogens with zero attached hydrogens (tertiary/aromatic N) is 1. The fraction of sp³-hybridized carbons (Fsp3) is 0.286. The molecule has 176 valence electrons. The first kappa shape index (κ1) is 23.5. The highest BCUT2D eigenvalue weighted by molar-refractivity contribution is 6.06. The zero-order valence-corrected chi connectivity index (χ0v) is 19.5. The number of carbonyl (C=O) groups excluding carboxylic acids is 2. The number of ether oxygens (including phenoxy) is 1. The van der Waals surface area contributed by atoms with Gasteiger partial charge in [0.05, 0.1) is 5.56 Å². The first-order chi connectivity index (χ1) is 16.7. The molecule has 3 aromatic rings. The van der Waals surface area contributed by atoms with Crippen molar-refractivity contribution in [2.45, 2.75) is 26.3 Å². The lowest BCUT2D eigenvalue weighted by Crippen LogP contribution is -2.33. The largest absolute Gasteiger partial charge is 0.382 e.